The fourth-order valence-electron chi connectivity index (χ4n) is 1.91. The van der Waals surface area contributed by atoms with Gasteiger partial charge >= 0.3 is 0 Å². The predicted molar refractivity (Wildman–Crippen MR) is 81.0 cm³/mol. The third kappa shape index (κ3) is 5.55. The molecule has 1 aromatic carbocycles. The second-order valence-electron chi connectivity index (χ2n) is 4.62. The Morgan fingerprint density at radius 1 is 1.43 bits per heavy atom. The summed E-state index contributed by atoms with van der Waals surface area (Å²) in [7, 11) is 1.40. The smallest absolute Gasteiger partial charge is 0.269 e. The van der Waals surface area contributed by atoms with Gasteiger partial charge in [0.05, 0.1) is 12.0 Å². The van der Waals surface area contributed by atoms with Crippen LogP contribution in [-0.2, 0) is 20.7 Å². The van der Waals surface area contributed by atoms with Crippen molar-refractivity contribution < 1.29 is 24.0 Å². The van der Waals surface area contributed by atoms with Gasteiger partial charge in [0.25, 0.3) is 5.69 Å². The largest absolute Gasteiger partial charge is 0.496 e. The summed E-state index contributed by atoms with van der Waals surface area (Å²) in [5.41, 5.74) is 5.52. The van der Waals surface area contributed by atoms with Crippen molar-refractivity contribution in [3.8, 4) is 5.75 Å². The fourth-order valence-corrected chi connectivity index (χ4v) is 1.91. The first-order valence-corrected chi connectivity index (χ1v) is 6.86. The highest BCUT2D eigenvalue weighted by Crippen LogP contribution is 2.25. The number of methoxy groups -OCH3 is 1. The maximum Gasteiger partial charge on any atom is 0.269 e. The number of non-ortho nitro benzene ring substituents is 1. The molecular formula is C14H19N3O6. The summed E-state index contributed by atoms with van der Waals surface area (Å²) in [6.45, 7) is 1.88. The Kier molecular flexibility index (Phi) is 6.94. The van der Waals surface area contributed by atoms with Crippen molar-refractivity contribution in [2.75, 3.05) is 20.3 Å². The summed E-state index contributed by atoms with van der Waals surface area (Å²) >= 11 is 0. The van der Waals surface area contributed by atoms with Crippen LogP contribution in [0.4, 0.5) is 5.69 Å². The minimum absolute atomic E-state index is 0.0297. The normalized spacial score (nSPS) is 11.6. The zero-order valence-corrected chi connectivity index (χ0v) is 12.9. The van der Waals surface area contributed by atoms with Crippen molar-refractivity contribution in [2.45, 2.75) is 19.4 Å². The van der Waals surface area contributed by atoms with Crippen LogP contribution in [0.15, 0.2) is 18.2 Å². The lowest BCUT2D eigenvalue weighted by molar-refractivity contribution is -0.384. The fraction of sp³-hybridized carbons (Fsp3) is 0.429. The van der Waals surface area contributed by atoms with E-state index in [9.17, 15) is 19.7 Å². The quantitative estimate of drug-likeness (QED) is 0.490. The van der Waals surface area contributed by atoms with Crippen molar-refractivity contribution in [3.63, 3.8) is 0 Å². The Morgan fingerprint density at radius 3 is 2.65 bits per heavy atom. The highest BCUT2D eigenvalue weighted by atomic mass is 16.6. The van der Waals surface area contributed by atoms with E-state index in [4.69, 9.17) is 15.2 Å². The molecular weight excluding hydrogens is 306 g/mol. The lowest BCUT2D eigenvalue weighted by Gasteiger charge is -2.17. The topological polar surface area (TPSA) is 134 Å². The first-order valence-electron chi connectivity index (χ1n) is 6.86. The Hall–Kier alpha value is -2.68. The number of benzene rings is 1. The van der Waals surface area contributed by atoms with E-state index in [1.54, 1.807) is 6.92 Å². The van der Waals surface area contributed by atoms with Gasteiger partial charge in [0.1, 0.15) is 18.4 Å². The number of amides is 2. The van der Waals surface area contributed by atoms with Crippen molar-refractivity contribution >= 4 is 17.5 Å². The molecule has 9 nitrogen and oxygen atoms in total. The molecule has 0 aliphatic carbocycles. The van der Waals surface area contributed by atoms with Crippen LogP contribution >= 0.6 is 0 Å². The number of ether oxygens (including phenoxy) is 2. The van der Waals surface area contributed by atoms with Crippen LogP contribution in [0.2, 0.25) is 0 Å². The molecule has 1 atom stereocenters. The van der Waals surface area contributed by atoms with Crippen LogP contribution in [0.3, 0.4) is 0 Å². The Bertz CT molecular complexity index is 590. The highest BCUT2D eigenvalue weighted by Gasteiger charge is 2.22. The number of hydrogen-bond donors (Lipinski definition) is 2. The monoisotopic (exact) mass is 325 g/mol. The van der Waals surface area contributed by atoms with Gasteiger partial charge in [-0.25, -0.2) is 0 Å². The molecule has 0 bridgehead atoms. The van der Waals surface area contributed by atoms with Gasteiger partial charge in [-0.2, -0.15) is 0 Å². The standard InChI is InChI=1S/C14H19N3O6/c1-3-23-8-13(18)16-11(14(15)19)7-9-6-10(17(20)21)4-5-12(9)22-2/h4-6,11H,3,7-8H2,1-2H3,(H2,15,19)(H,16,18)/t11-/m1/s1. The van der Waals surface area contributed by atoms with E-state index in [1.165, 1.54) is 25.3 Å². The maximum atomic E-state index is 11.7. The lowest BCUT2D eigenvalue weighted by atomic mass is 10.0. The summed E-state index contributed by atoms with van der Waals surface area (Å²) in [4.78, 5) is 33.5. The molecule has 0 aliphatic rings. The first kappa shape index (κ1) is 18.4. The average molecular weight is 325 g/mol. The third-order valence-electron chi connectivity index (χ3n) is 3.01. The van der Waals surface area contributed by atoms with Gasteiger partial charge in [0.15, 0.2) is 0 Å². The SMILES string of the molecule is CCOCC(=O)N[C@H](Cc1cc([N+](=O)[O-])ccc1OC)C(N)=O. The number of rotatable bonds is 9. The summed E-state index contributed by atoms with van der Waals surface area (Å²) < 4.78 is 10.1. The van der Waals surface area contributed by atoms with Crippen LogP contribution in [0, 0.1) is 10.1 Å². The molecule has 0 heterocycles. The molecule has 9 heteroatoms. The molecule has 0 saturated heterocycles. The predicted octanol–water partition coefficient (Wildman–Crippen LogP) is 0.152. The third-order valence-corrected chi connectivity index (χ3v) is 3.01. The molecule has 3 N–H and O–H groups in total. The zero-order valence-electron chi connectivity index (χ0n) is 12.9. The molecule has 0 aromatic heterocycles. The van der Waals surface area contributed by atoms with Crippen LogP contribution < -0.4 is 15.8 Å². The van der Waals surface area contributed by atoms with Gasteiger partial charge < -0.3 is 20.5 Å². The van der Waals surface area contributed by atoms with E-state index in [2.05, 4.69) is 5.32 Å². The summed E-state index contributed by atoms with van der Waals surface area (Å²) in [6.07, 6.45) is -0.0297. The van der Waals surface area contributed by atoms with E-state index in [1.807, 2.05) is 0 Å². The van der Waals surface area contributed by atoms with E-state index in [0.29, 0.717) is 17.9 Å². The summed E-state index contributed by atoms with van der Waals surface area (Å²) in [5.74, 6) is -0.899. The average Bonchev–Trinajstić information content (AvgIpc) is 2.51. The van der Waals surface area contributed by atoms with E-state index >= 15 is 0 Å². The zero-order chi connectivity index (χ0) is 17.4. The number of nitrogens with one attached hydrogen (secondary N) is 1. The molecule has 0 unspecified atom stereocenters. The number of carbonyl (C=O) groups is 2. The van der Waals surface area contributed by atoms with Crippen molar-refractivity contribution in [1.82, 2.24) is 5.32 Å². The number of carbonyl (C=O) groups excluding carboxylic acids is 2. The Morgan fingerprint density at radius 2 is 2.13 bits per heavy atom. The molecule has 0 fully saturated rings. The van der Waals surface area contributed by atoms with Gasteiger partial charge in [0.2, 0.25) is 11.8 Å². The van der Waals surface area contributed by atoms with Crippen LogP contribution in [-0.4, -0.2) is 43.1 Å². The van der Waals surface area contributed by atoms with Gasteiger partial charge in [-0.15, -0.1) is 0 Å². The second-order valence-corrected chi connectivity index (χ2v) is 4.62. The van der Waals surface area contributed by atoms with Gasteiger partial charge in [-0.1, -0.05) is 0 Å². The number of nitrogens with zero attached hydrogens (tertiary/aromatic N) is 1. The summed E-state index contributed by atoms with van der Waals surface area (Å²) in [6, 6.07) is 2.96. The highest BCUT2D eigenvalue weighted by molar-refractivity contribution is 5.87. The molecule has 23 heavy (non-hydrogen) atoms. The molecule has 0 radical (unpaired) electrons. The van der Waals surface area contributed by atoms with Crippen molar-refractivity contribution in [2.24, 2.45) is 5.73 Å². The van der Waals surface area contributed by atoms with Crippen molar-refractivity contribution in [1.29, 1.82) is 0 Å². The van der Waals surface area contributed by atoms with E-state index in [0.717, 1.165) is 0 Å². The lowest BCUT2D eigenvalue weighted by Crippen LogP contribution is -2.47. The molecule has 0 aliphatic heterocycles. The second kappa shape index (κ2) is 8.69. The molecule has 1 rings (SSSR count). The molecule has 0 saturated carbocycles. The van der Waals surface area contributed by atoms with Crippen LogP contribution in [0.1, 0.15) is 12.5 Å². The molecule has 1 aromatic rings. The number of hydrogen-bond acceptors (Lipinski definition) is 6. The van der Waals surface area contributed by atoms with Gasteiger partial charge in [-0.3, -0.25) is 19.7 Å². The number of nitro groups is 1. The summed E-state index contributed by atoms with van der Waals surface area (Å²) in [5, 5.41) is 13.3. The Labute approximate surface area is 132 Å². The minimum Gasteiger partial charge on any atom is -0.496 e. The molecule has 2 amide bonds. The first-order chi connectivity index (χ1) is 10.9. The molecule has 126 valence electrons. The van der Waals surface area contributed by atoms with E-state index in [-0.39, 0.29) is 18.7 Å². The van der Waals surface area contributed by atoms with Crippen LogP contribution in [0.25, 0.3) is 0 Å². The van der Waals surface area contributed by atoms with Crippen LogP contribution in [0.5, 0.6) is 5.75 Å². The minimum atomic E-state index is -1.03. The number of nitro benzene ring substituents is 1. The number of primary amides is 1. The van der Waals surface area contributed by atoms with E-state index < -0.39 is 22.8 Å². The molecule has 0 spiro atoms. The van der Waals surface area contributed by atoms with Gasteiger partial charge in [-0.05, 0) is 13.0 Å². The maximum absolute atomic E-state index is 11.7. The number of nitrogens with two attached hydrogens (primary N) is 1. The van der Waals surface area contributed by atoms with Crippen molar-refractivity contribution in [3.05, 3.63) is 33.9 Å². The Balaban J connectivity index is 2.95. The van der Waals surface area contributed by atoms with Gasteiger partial charge in [0, 0.05) is 30.7 Å².